The Morgan fingerprint density at radius 1 is 1.50 bits per heavy atom. The molecule has 0 radical (unpaired) electrons. The number of hydrogen-bond acceptors (Lipinski definition) is 4. The van der Waals surface area contributed by atoms with Gasteiger partial charge in [0.15, 0.2) is 0 Å². The predicted octanol–water partition coefficient (Wildman–Crippen LogP) is 0.438. The molecule has 7 heteroatoms. The quantitative estimate of drug-likeness (QED) is 0.751. The van der Waals surface area contributed by atoms with Crippen LogP contribution in [0, 0.1) is 13.8 Å². The number of hydrogen-bond donors (Lipinski definition) is 2. The lowest BCUT2D eigenvalue weighted by atomic mass is 10.2. The van der Waals surface area contributed by atoms with Gasteiger partial charge in [-0.3, -0.25) is 14.6 Å². The van der Waals surface area contributed by atoms with Gasteiger partial charge in [-0.15, -0.1) is 5.10 Å². The van der Waals surface area contributed by atoms with Crippen LogP contribution in [-0.4, -0.2) is 37.6 Å². The van der Waals surface area contributed by atoms with Gasteiger partial charge in [0.05, 0.1) is 17.5 Å². The summed E-state index contributed by atoms with van der Waals surface area (Å²) in [6.45, 7) is 4.99. The van der Waals surface area contributed by atoms with Crippen molar-refractivity contribution in [3.63, 3.8) is 0 Å². The molecule has 0 aliphatic rings. The molecule has 0 saturated heterocycles. The molecule has 0 atom stereocenters. The summed E-state index contributed by atoms with van der Waals surface area (Å²) in [5, 5.41) is 17.2. The highest BCUT2D eigenvalue weighted by atomic mass is 16.1. The highest BCUT2D eigenvalue weighted by Gasteiger charge is 2.14. The Morgan fingerprint density at radius 3 is 2.94 bits per heavy atom. The van der Waals surface area contributed by atoms with E-state index in [1.807, 2.05) is 13.8 Å². The molecular formula is C11H16N6O. The van der Waals surface area contributed by atoms with E-state index < -0.39 is 0 Å². The molecule has 7 nitrogen and oxygen atoms in total. The topological polar surface area (TPSA) is 88.5 Å². The fourth-order valence-corrected chi connectivity index (χ4v) is 1.77. The van der Waals surface area contributed by atoms with Crippen molar-refractivity contribution in [1.29, 1.82) is 0 Å². The van der Waals surface area contributed by atoms with Crippen LogP contribution in [0.1, 0.15) is 28.2 Å². The van der Waals surface area contributed by atoms with E-state index in [2.05, 4.69) is 25.8 Å². The summed E-state index contributed by atoms with van der Waals surface area (Å²) in [4.78, 5) is 11.9. The van der Waals surface area contributed by atoms with E-state index in [0.29, 0.717) is 12.1 Å². The second kappa shape index (κ2) is 5.44. The van der Waals surface area contributed by atoms with Gasteiger partial charge < -0.3 is 5.32 Å². The van der Waals surface area contributed by atoms with Gasteiger partial charge in [0.1, 0.15) is 0 Å². The summed E-state index contributed by atoms with van der Waals surface area (Å²) >= 11 is 0. The van der Waals surface area contributed by atoms with E-state index in [1.165, 1.54) is 0 Å². The van der Waals surface area contributed by atoms with Crippen molar-refractivity contribution in [2.75, 3.05) is 6.54 Å². The lowest BCUT2D eigenvalue weighted by Crippen LogP contribution is -2.26. The SMILES string of the molecule is Cc1n[nH]c(C)c1C(=O)NCCCn1ccnn1. The maximum atomic E-state index is 11.9. The molecule has 0 aliphatic heterocycles. The number of H-pyrrole nitrogens is 1. The Balaban J connectivity index is 1.79. The molecule has 0 unspecified atom stereocenters. The van der Waals surface area contributed by atoms with Crippen LogP contribution in [0.15, 0.2) is 12.4 Å². The van der Waals surface area contributed by atoms with Crippen LogP contribution in [0.4, 0.5) is 0 Å². The zero-order valence-corrected chi connectivity index (χ0v) is 10.5. The Morgan fingerprint density at radius 2 is 2.33 bits per heavy atom. The summed E-state index contributed by atoms with van der Waals surface area (Å²) in [6.07, 6.45) is 4.24. The monoisotopic (exact) mass is 248 g/mol. The van der Waals surface area contributed by atoms with Gasteiger partial charge in [-0.1, -0.05) is 5.21 Å². The molecule has 2 N–H and O–H groups in total. The van der Waals surface area contributed by atoms with Gasteiger partial charge >= 0.3 is 0 Å². The van der Waals surface area contributed by atoms with Crippen LogP contribution in [0.25, 0.3) is 0 Å². The zero-order chi connectivity index (χ0) is 13.0. The maximum Gasteiger partial charge on any atom is 0.255 e. The highest BCUT2D eigenvalue weighted by Crippen LogP contribution is 2.08. The predicted molar refractivity (Wildman–Crippen MR) is 65.0 cm³/mol. The summed E-state index contributed by atoms with van der Waals surface area (Å²) in [6, 6.07) is 0. The largest absolute Gasteiger partial charge is 0.352 e. The van der Waals surface area contributed by atoms with Crippen molar-refractivity contribution >= 4 is 5.91 Å². The fraction of sp³-hybridized carbons (Fsp3) is 0.455. The average molecular weight is 248 g/mol. The highest BCUT2D eigenvalue weighted by molar-refractivity contribution is 5.96. The second-order valence-corrected chi connectivity index (χ2v) is 4.08. The molecule has 0 aliphatic carbocycles. The van der Waals surface area contributed by atoms with Crippen molar-refractivity contribution in [2.45, 2.75) is 26.8 Å². The first-order valence-corrected chi connectivity index (χ1v) is 5.82. The molecule has 0 spiro atoms. The van der Waals surface area contributed by atoms with Gasteiger partial charge in [0, 0.05) is 25.0 Å². The number of aromatic nitrogens is 5. The minimum Gasteiger partial charge on any atom is -0.352 e. The van der Waals surface area contributed by atoms with Crippen molar-refractivity contribution in [3.8, 4) is 0 Å². The van der Waals surface area contributed by atoms with Crippen LogP contribution < -0.4 is 5.32 Å². The van der Waals surface area contributed by atoms with Crippen LogP contribution in [0.2, 0.25) is 0 Å². The van der Waals surface area contributed by atoms with E-state index in [-0.39, 0.29) is 5.91 Å². The summed E-state index contributed by atoms with van der Waals surface area (Å²) in [7, 11) is 0. The molecule has 18 heavy (non-hydrogen) atoms. The first-order valence-electron chi connectivity index (χ1n) is 5.82. The Hall–Kier alpha value is -2.18. The molecule has 0 saturated carbocycles. The molecule has 2 aromatic heterocycles. The van der Waals surface area contributed by atoms with Gasteiger partial charge in [0.25, 0.3) is 5.91 Å². The molecule has 96 valence electrons. The Labute approximate surface area is 105 Å². The molecule has 0 bridgehead atoms. The summed E-state index contributed by atoms with van der Waals surface area (Å²) < 4.78 is 1.74. The smallest absolute Gasteiger partial charge is 0.255 e. The summed E-state index contributed by atoms with van der Waals surface area (Å²) in [5.41, 5.74) is 2.15. The van der Waals surface area contributed by atoms with Gasteiger partial charge in [-0.2, -0.15) is 5.10 Å². The number of amides is 1. The molecule has 2 rings (SSSR count). The van der Waals surface area contributed by atoms with Crippen LogP contribution in [0.5, 0.6) is 0 Å². The molecule has 2 heterocycles. The Bertz CT molecular complexity index is 496. The standard InChI is InChI=1S/C11H16N6O/c1-8-10(9(2)15-14-8)11(18)12-4-3-6-17-7-5-13-16-17/h5,7H,3-4,6H2,1-2H3,(H,12,18)(H,14,15). The third kappa shape index (κ3) is 2.73. The minimum absolute atomic E-state index is 0.0858. The van der Waals surface area contributed by atoms with Crippen molar-refractivity contribution in [3.05, 3.63) is 29.3 Å². The number of rotatable bonds is 5. The van der Waals surface area contributed by atoms with E-state index in [1.54, 1.807) is 17.1 Å². The molecular weight excluding hydrogens is 232 g/mol. The number of aryl methyl sites for hydroxylation is 3. The van der Waals surface area contributed by atoms with Gasteiger partial charge in [0.2, 0.25) is 0 Å². The van der Waals surface area contributed by atoms with Crippen molar-refractivity contribution in [2.24, 2.45) is 0 Å². The summed E-state index contributed by atoms with van der Waals surface area (Å²) in [5.74, 6) is -0.0858. The molecule has 2 aromatic rings. The van der Waals surface area contributed by atoms with Crippen LogP contribution >= 0.6 is 0 Å². The van der Waals surface area contributed by atoms with E-state index in [4.69, 9.17) is 0 Å². The van der Waals surface area contributed by atoms with E-state index in [9.17, 15) is 4.79 Å². The molecule has 0 aromatic carbocycles. The third-order valence-corrected chi connectivity index (χ3v) is 2.68. The first-order chi connectivity index (χ1) is 8.68. The van der Waals surface area contributed by atoms with Crippen LogP contribution in [-0.2, 0) is 6.54 Å². The second-order valence-electron chi connectivity index (χ2n) is 4.08. The molecule has 0 fully saturated rings. The number of aromatic amines is 1. The zero-order valence-electron chi connectivity index (χ0n) is 10.5. The van der Waals surface area contributed by atoms with Gasteiger partial charge in [-0.05, 0) is 20.3 Å². The fourth-order valence-electron chi connectivity index (χ4n) is 1.77. The third-order valence-electron chi connectivity index (χ3n) is 2.68. The van der Waals surface area contributed by atoms with Crippen molar-refractivity contribution < 1.29 is 4.79 Å². The number of nitrogens with zero attached hydrogens (tertiary/aromatic N) is 4. The Kier molecular flexibility index (Phi) is 3.71. The molecule has 1 amide bonds. The van der Waals surface area contributed by atoms with Crippen molar-refractivity contribution in [1.82, 2.24) is 30.5 Å². The number of nitrogens with one attached hydrogen (secondary N) is 2. The van der Waals surface area contributed by atoms with E-state index >= 15 is 0 Å². The minimum atomic E-state index is -0.0858. The van der Waals surface area contributed by atoms with Gasteiger partial charge in [-0.25, -0.2) is 0 Å². The average Bonchev–Trinajstić information content (AvgIpc) is 2.95. The van der Waals surface area contributed by atoms with E-state index in [0.717, 1.165) is 24.4 Å². The number of carbonyl (C=O) groups is 1. The lowest BCUT2D eigenvalue weighted by molar-refractivity contribution is 0.0951. The van der Waals surface area contributed by atoms with Crippen LogP contribution in [0.3, 0.4) is 0 Å². The maximum absolute atomic E-state index is 11.9. The number of carbonyl (C=O) groups excluding carboxylic acids is 1. The normalized spacial score (nSPS) is 10.6. The lowest BCUT2D eigenvalue weighted by Gasteiger charge is -2.05. The first kappa shape index (κ1) is 12.3.